The summed E-state index contributed by atoms with van der Waals surface area (Å²) in [5.74, 6) is -0.859. The van der Waals surface area contributed by atoms with Gasteiger partial charge in [0.15, 0.2) is 0 Å². The van der Waals surface area contributed by atoms with E-state index in [4.69, 9.17) is 5.11 Å². The fourth-order valence-electron chi connectivity index (χ4n) is 2.28. The molecule has 2 rings (SSSR count). The summed E-state index contributed by atoms with van der Waals surface area (Å²) in [7, 11) is 0. The van der Waals surface area contributed by atoms with E-state index in [-0.39, 0.29) is 23.8 Å². The van der Waals surface area contributed by atoms with E-state index in [0.717, 1.165) is 25.7 Å². The fourth-order valence-corrected chi connectivity index (χ4v) is 2.28. The first kappa shape index (κ1) is 9.24. The van der Waals surface area contributed by atoms with Gasteiger partial charge in [-0.3, -0.25) is 4.79 Å². The number of carboxylic acid groups (broad SMARTS) is 1. The van der Waals surface area contributed by atoms with Crippen LogP contribution >= 0.6 is 0 Å². The molecule has 0 saturated heterocycles. The zero-order chi connectivity index (χ0) is 10.1. The number of carbonyl (C=O) groups excluding carboxylic acids is 1. The molecule has 0 aromatic heterocycles. The Morgan fingerprint density at radius 1 is 1.36 bits per heavy atom. The van der Waals surface area contributed by atoms with Gasteiger partial charge in [0.25, 0.3) is 0 Å². The van der Waals surface area contributed by atoms with Gasteiger partial charge >= 0.3 is 5.97 Å². The zero-order valence-electron chi connectivity index (χ0n) is 7.88. The van der Waals surface area contributed by atoms with E-state index in [1.807, 2.05) is 0 Å². The first-order valence-electron chi connectivity index (χ1n) is 4.94. The van der Waals surface area contributed by atoms with Crippen LogP contribution in [0.15, 0.2) is 11.3 Å². The third-order valence-electron chi connectivity index (χ3n) is 2.96. The van der Waals surface area contributed by atoms with Crippen LogP contribution in [0.2, 0.25) is 0 Å². The van der Waals surface area contributed by atoms with Gasteiger partial charge in [0.05, 0.1) is 12.0 Å². The maximum Gasteiger partial charge on any atom is 0.333 e. The molecule has 4 heteroatoms. The Labute approximate surface area is 82.0 Å². The summed E-state index contributed by atoms with van der Waals surface area (Å²) in [6.07, 6.45) is 4.33. The first-order chi connectivity index (χ1) is 6.68. The van der Waals surface area contributed by atoms with Gasteiger partial charge in [-0.15, -0.1) is 0 Å². The maximum atomic E-state index is 11.1. The summed E-state index contributed by atoms with van der Waals surface area (Å²) in [6, 6.07) is 0. The lowest BCUT2D eigenvalue weighted by Gasteiger charge is -2.11. The molecule has 0 aromatic rings. The predicted octanol–water partition coefficient (Wildman–Crippen LogP) is 1.04. The van der Waals surface area contributed by atoms with Gasteiger partial charge in [-0.25, -0.2) is 4.79 Å². The number of allylic oxidation sites excluding steroid dienone is 1. The minimum atomic E-state index is -0.953. The second-order valence-electron chi connectivity index (χ2n) is 3.90. The molecule has 2 N–H and O–H groups in total. The van der Waals surface area contributed by atoms with Crippen LogP contribution in [0.3, 0.4) is 0 Å². The summed E-state index contributed by atoms with van der Waals surface area (Å²) in [4.78, 5) is 22.0. The Morgan fingerprint density at radius 3 is 2.57 bits per heavy atom. The first-order valence-corrected chi connectivity index (χ1v) is 4.94. The van der Waals surface area contributed by atoms with E-state index in [1.165, 1.54) is 0 Å². The second-order valence-corrected chi connectivity index (χ2v) is 3.90. The van der Waals surface area contributed by atoms with Crippen molar-refractivity contribution in [3.63, 3.8) is 0 Å². The van der Waals surface area contributed by atoms with Crippen LogP contribution in [-0.2, 0) is 9.59 Å². The van der Waals surface area contributed by atoms with Crippen molar-refractivity contribution in [3.8, 4) is 0 Å². The smallest absolute Gasteiger partial charge is 0.333 e. The third kappa shape index (κ3) is 1.52. The van der Waals surface area contributed by atoms with E-state index in [0.29, 0.717) is 5.70 Å². The summed E-state index contributed by atoms with van der Waals surface area (Å²) in [5.41, 5.74) is 0.960. The molecule has 4 nitrogen and oxygen atoms in total. The van der Waals surface area contributed by atoms with Crippen LogP contribution in [0.4, 0.5) is 0 Å². The summed E-state index contributed by atoms with van der Waals surface area (Å²) < 4.78 is 0. The van der Waals surface area contributed by atoms with Gasteiger partial charge in [0.2, 0.25) is 5.91 Å². The van der Waals surface area contributed by atoms with Crippen molar-refractivity contribution in [3.05, 3.63) is 11.3 Å². The molecule has 0 bridgehead atoms. The van der Waals surface area contributed by atoms with Gasteiger partial charge in [0.1, 0.15) is 0 Å². The quantitative estimate of drug-likeness (QED) is 0.691. The van der Waals surface area contributed by atoms with Crippen LogP contribution < -0.4 is 5.32 Å². The lowest BCUT2D eigenvalue weighted by molar-refractivity contribution is -0.133. The largest absolute Gasteiger partial charge is 0.478 e. The number of nitrogens with one attached hydrogen (secondary N) is 1. The Bertz CT molecular complexity index is 313. The minimum absolute atomic E-state index is 0.0428. The molecule has 1 saturated carbocycles. The van der Waals surface area contributed by atoms with Crippen LogP contribution in [0, 0.1) is 5.92 Å². The number of hydrogen-bond acceptors (Lipinski definition) is 2. The molecule has 1 heterocycles. The lowest BCUT2D eigenvalue weighted by atomic mass is 10.0. The number of hydrogen-bond donors (Lipinski definition) is 2. The molecule has 1 amide bonds. The number of aliphatic carboxylic acids is 1. The normalized spacial score (nSPS) is 23.0. The molecule has 0 unspecified atom stereocenters. The molecule has 0 aromatic carbocycles. The van der Waals surface area contributed by atoms with Gasteiger partial charge in [-0.2, -0.15) is 0 Å². The van der Waals surface area contributed by atoms with Crippen molar-refractivity contribution in [2.45, 2.75) is 32.1 Å². The average Bonchev–Trinajstić information content (AvgIpc) is 2.70. The van der Waals surface area contributed by atoms with Crippen LogP contribution in [0.25, 0.3) is 0 Å². The minimum Gasteiger partial charge on any atom is -0.478 e. The average molecular weight is 195 g/mol. The number of carbonyl (C=O) groups is 2. The highest BCUT2D eigenvalue weighted by atomic mass is 16.4. The molecule has 0 atom stereocenters. The third-order valence-corrected chi connectivity index (χ3v) is 2.96. The van der Waals surface area contributed by atoms with Gasteiger partial charge in [-0.05, 0) is 18.8 Å². The predicted molar refractivity (Wildman–Crippen MR) is 49.4 cm³/mol. The Kier molecular flexibility index (Phi) is 2.27. The zero-order valence-corrected chi connectivity index (χ0v) is 7.88. The molecule has 0 spiro atoms. The van der Waals surface area contributed by atoms with E-state index >= 15 is 0 Å². The number of amides is 1. The SMILES string of the molecule is O=C1CC(C(=O)O)=C(C2CCCC2)N1. The van der Waals surface area contributed by atoms with E-state index < -0.39 is 5.97 Å². The molecule has 0 radical (unpaired) electrons. The standard InChI is InChI=1S/C10H13NO3/c12-8-5-7(10(13)14)9(11-8)6-3-1-2-4-6/h6H,1-5H2,(H,11,12)(H,13,14). The van der Waals surface area contributed by atoms with Crippen LogP contribution in [0.1, 0.15) is 32.1 Å². The van der Waals surface area contributed by atoms with Gasteiger partial charge < -0.3 is 10.4 Å². The second kappa shape index (κ2) is 3.44. The molecule has 14 heavy (non-hydrogen) atoms. The maximum absolute atomic E-state index is 11.1. The number of carboxylic acids is 1. The summed E-state index contributed by atoms with van der Waals surface area (Å²) in [5, 5.41) is 11.6. The number of rotatable bonds is 2. The molecule has 1 aliphatic carbocycles. The van der Waals surface area contributed by atoms with Crippen molar-refractivity contribution in [1.82, 2.24) is 5.32 Å². The summed E-state index contributed by atoms with van der Waals surface area (Å²) >= 11 is 0. The molecule has 2 aliphatic rings. The highest BCUT2D eigenvalue weighted by Crippen LogP contribution is 2.34. The molecule has 1 fully saturated rings. The lowest BCUT2D eigenvalue weighted by Crippen LogP contribution is -2.19. The topological polar surface area (TPSA) is 66.4 Å². The van der Waals surface area contributed by atoms with Gasteiger partial charge in [0, 0.05) is 5.70 Å². The van der Waals surface area contributed by atoms with E-state index in [2.05, 4.69) is 5.32 Å². The molecule has 76 valence electrons. The molecular formula is C10H13NO3. The highest BCUT2D eigenvalue weighted by Gasteiger charge is 2.32. The van der Waals surface area contributed by atoms with Gasteiger partial charge in [-0.1, -0.05) is 12.8 Å². The van der Waals surface area contributed by atoms with Crippen molar-refractivity contribution < 1.29 is 14.7 Å². The summed E-state index contributed by atoms with van der Waals surface area (Å²) in [6.45, 7) is 0. The Morgan fingerprint density at radius 2 is 2.00 bits per heavy atom. The van der Waals surface area contributed by atoms with Crippen molar-refractivity contribution in [2.75, 3.05) is 0 Å². The Hall–Kier alpha value is -1.32. The van der Waals surface area contributed by atoms with Crippen molar-refractivity contribution in [1.29, 1.82) is 0 Å². The Balaban J connectivity index is 2.24. The van der Waals surface area contributed by atoms with Crippen molar-refractivity contribution in [2.24, 2.45) is 5.92 Å². The van der Waals surface area contributed by atoms with E-state index in [1.54, 1.807) is 0 Å². The monoisotopic (exact) mass is 195 g/mol. The molecule has 1 aliphatic heterocycles. The van der Waals surface area contributed by atoms with E-state index in [9.17, 15) is 9.59 Å². The highest BCUT2D eigenvalue weighted by molar-refractivity contribution is 5.99. The van der Waals surface area contributed by atoms with Crippen LogP contribution in [0.5, 0.6) is 0 Å². The van der Waals surface area contributed by atoms with Crippen LogP contribution in [-0.4, -0.2) is 17.0 Å². The molecular weight excluding hydrogens is 182 g/mol. The van der Waals surface area contributed by atoms with Crippen molar-refractivity contribution >= 4 is 11.9 Å². The fraction of sp³-hybridized carbons (Fsp3) is 0.600.